The Labute approximate surface area is 120 Å². The highest BCUT2D eigenvalue weighted by molar-refractivity contribution is 9.10. The fourth-order valence-corrected chi connectivity index (χ4v) is 2.17. The topological polar surface area (TPSA) is 29.1 Å². The van der Waals surface area contributed by atoms with Crippen molar-refractivity contribution >= 4 is 45.0 Å². The van der Waals surface area contributed by atoms with Gasteiger partial charge in [-0.05, 0) is 47.8 Å². The quantitative estimate of drug-likeness (QED) is 0.799. The maximum absolute atomic E-state index is 11.9. The third-order valence-corrected chi connectivity index (χ3v) is 3.91. The minimum atomic E-state index is -0.154. The lowest BCUT2D eigenvalue weighted by atomic mass is 10.1. The first-order valence-electron chi connectivity index (χ1n) is 5.37. The molecule has 17 heavy (non-hydrogen) atoms. The number of amides is 1. The van der Waals surface area contributed by atoms with Gasteiger partial charge in [0.05, 0.1) is 10.6 Å². The van der Waals surface area contributed by atoms with Crippen molar-refractivity contribution in [2.24, 2.45) is 0 Å². The highest BCUT2D eigenvalue weighted by atomic mass is 79.9. The Morgan fingerprint density at radius 2 is 2.24 bits per heavy atom. The zero-order valence-corrected chi connectivity index (χ0v) is 12.6. The second-order valence-corrected chi connectivity index (χ2v) is 5.42. The van der Waals surface area contributed by atoms with Crippen LogP contribution in [0.4, 0.5) is 0 Å². The van der Waals surface area contributed by atoms with Crippen LogP contribution < -0.4 is 5.32 Å². The van der Waals surface area contributed by atoms with Gasteiger partial charge in [-0.1, -0.05) is 17.7 Å². The van der Waals surface area contributed by atoms with E-state index in [1.54, 1.807) is 18.2 Å². The molecule has 5 heteroatoms. The van der Waals surface area contributed by atoms with Crippen molar-refractivity contribution in [2.45, 2.75) is 25.8 Å². The van der Waals surface area contributed by atoms with Crippen molar-refractivity contribution in [3.63, 3.8) is 0 Å². The molecule has 1 aromatic rings. The molecule has 0 aliphatic rings. The molecule has 1 aromatic carbocycles. The van der Waals surface area contributed by atoms with Gasteiger partial charge in [0.1, 0.15) is 0 Å². The number of alkyl halides is 1. The van der Waals surface area contributed by atoms with Gasteiger partial charge in [-0.3, -0.25) is 4.79 Å². The van der Waals surface area contributed by atoms with E-state index in [0.717, 1.165) is 17.3 Å². The summed E-state index contributed by atoms with van der Waals surface area (Å²) >= 11 is 14.9. The van der Waals surface area contributed by atoms with Crippen molar-refractivity contribution < 1.29 is 4.79 Å². The van der Waals surface area contributed by atoms with E-state index in [2.05, 4.69) is 21.2 Å². The van der Waals surface area contributed by atoms with Crippen LogP contribution in [0.3, 0.4) is 0 Å². The van der Waals surface area contributed by atoms with E-state index in [1.165, 1.54) is 0 Å². The zero-order valence-electron chi connectivity index (χ0n) is 9.47. The maximum atomic E-state index is 11.9. The summed E-state index contributed by atoms with van der Waals surface area (Å²) in [6.07, 6.45) is 1.75. The maximum Gasteiger partial charge on any atom is 0.253 e. The first-order chi connectivity index (χ1) is 8.06. The molecule has 1 atom stereocenters. The summed E-state index contributed by atoms with van der Waals surface area (Å²) < 4.78 is 0.722. The monoisotopic (exact) mass is 337 g/mol. The van der Waals surface area contributed by atoms with Crippen LogP contribution in [0.25, 0.3) is 0 Å². The third kappa shape index (κ3) is 4.49. The normalized spacial score (nSPS) is 12.2. The van der Waals surface area contributed by atoms with Crippen LogP contribution in [0.1, 0.15) is 30.1 Å². The zero-order chi connectivity index (χ0) is 12.8. The molecule has 1 rings (SSSR count). The summed E-state index contributed by atoms with van der Waals surface area (Å²) in [6.45, 7) is 1.95. The molecule has 0 fully saturated rings. The van der Waals surface area contributed by atoms with Crippen LogP contribution in [-0.2, 0) is 0 Å². The first-order valence-corrected chi connectivity index (χ1v) is 7.07. The SMILES string of the molecule is CC(CCCCl)NC(=O)c1cccc(Br)c1Cl. The van der Waals surface area contributed by atoms with E-state index in [9.17, 15) is 4.79 Å². The summed E-state index contributed by atoms with van der Waals surface area (Å²) in [4.78, 5) is 11.9. The summed E-state index contributed by atoms with van der Waals surface area (Å²) in [6, 6.07) is 5.39. The van der Waals surface area contributed by atoms with Gasteiger partial charge in [-0.25, -0.2) is 0 Å². The molecule has 1 N–H and O–H groups in total. The molecular formula is C12H14BrCl2NO. The highest BCUT2D eigenvalue weighted by Crippen LogP contribution is 2.25. The fourth-order valence-electron chi connectivity index (χ4n) is 1.44. The lowest BCUT2D eigenvalue weighted by molar-refractivity contribution is 0.0938. The number of hydrogen-bond donors (Lipinski definition) is 1. The minimum absolute atomic E-state index is 0.0938. The van der Waals surface area contributed by atoms with Gasteiger partial charge in [0.15, 0.2) is 0 Å². The van der Waals surface area contributed by atoms with Crippen molar-refractivity contribution in [2.75, 3.05) is 5.88 Å². The van der Waals surface area contributed by atoms with E-state index in [0.29, 0.717) is 16.5 Å². The molecule has 2 nitrogen and oxygen atoms in total. The molecule has 0 spiro atoms. The van der Waals surface area contributed by atoms with Gasteiger partial charge in [-0.15, -0.1) is 11.6 Å². The van der Waals surface area contributed by atoms with Gasteiger partial charge < -0.3 is 5.32 Å². The molecule has 0 radical (unpaired) electrons. The molecule has 0 aliphatic carbocycles. The number of carbonyl (C=O) groups excluding carboxylic acids is 1. The highest BCUT2D eigenvalue weighted by Gasteiger charge is 2.14. The van der Waals surface area contributed by atoms with Gasteiger partial charge >= 0.3 is 0 Å². The molecule has 0 aliphatic heterocycles. The Balaban J connectivity index is 2.67. The lowest BCUT2D eigenvalue weighted by Gasteiger charge is -2.14. The average molecular weight is 339 g/mol. The number of benzene rings is 1. The molecule has 94 valence electrons. The Hall–Kier alpha value is -0.250. The number of rotatable bonds is 5. The molecule has 0 aromatic heterocycles. The van der Waals surface area contributed by atoms with Crippen molar-refractivity contribution in [3.05, 3.63) is 33.3 Å². The van der Waals surface area contributed by atoms with Crippen LogP contribution in [0, 0.1) is 0 Å². The number of nitrogens with one attached hydrogen (secondary N) is 1. The summed E-state index contributed by atoms with van der Waals surface area (Å²) in [7, 11) is 0. The van der Waals surface area contributed by atoms with Crippen molar-refractivity contribution in [1.29, 1.82) is 0 Å². The van der Waals surface area contributed by atoms with Gasteiger partial charge in [0.25, 0.3) is 5.91 Å². The summed E-state index contributed by atoms with van der Waals surface area (Å²) in [5.41, 5.74) is 0.485. The van der Waals surface area contributed by atoms with Crippen LogP contribution in [0.2, 0.25) is 5.02 Å². The van der Waals surface area contributed by atoms with Gasteiger partial charge in [0, 0.05) is 16.4 Å². The Bertz CT molecular complexity index is 398. The van der Waals surface area contributed by atoms with E-state index in [4.69, 9.17) is 23.2 Å². The molecular weight excluding hydrogens is 325 g/mol. The van der Waals surface area contributed by atoms with E-state index >= 15 is 0 Å². The van der Waals surface area contributed by atoms with E-state index in [-0.39, 0.29) is 11.9 Å². The average Bonchev–Trinajstić information content (AvgIpc) is 2.29. The molecule has 0 bridgehead atoms. The molecule has 0 saturated carbocycles. The number of carbonyl (C=O) groups is 1. The fraction of sp³-hybridized carbons (Fsp3) is 0.417. The van der Waals surface area contributed by atoms with Gasteiger partial charge in [0.2, 0.25) is 0 Å². The van der Waals surface area contributed by atoms with Crippen LogP contribution >= 0.6 is 39.1 Å². The third-order valence-electron chi connectivity index (χ3n) is 2.34. The predicted octanol–water partition coefficient (Wildman–Crippen LogP) is 4.24. The minimum Gasteiger partial charge on any atom is -0.350 e. The molecule has 1 amide bonds. The van der Waals surface area contributed by atoms with Crippen LogP contribution in [-0.4, -0.2) is 17.8 Å². The molecule has 1 unspecified atom stereocenters. The molecule has 0 heterocycles. The summed E-state index contributed by atoms with van der Waals surface area (Å²) in [5.74, 6) is 0.455. The van der Waals surface area contributed by atoms with Crippen LogP contribution in [0.15, 0.2) is 22.7 Å². The Morgan fingerprint density at radius 3 is 2.88 bits per heavy atom. The molecule has 0 saturated heterocycles. The summed E-state index contributed by atoms with van der Waals surface area (Å²) in [5, 5.41) is 3.34. The number of halogens is 3. The van der Waals surface area contributed by atoms with E-state index < -0.39 is 0 Å². The van der Waals surface area contributed by atoms with E-state index in [1.807, 2.05) is 6.92 Å². The van der Waals surface area contributed by atoms with Crippen molar-refractivity contribution in [1.82, 2.24) is 5.32 Å². The smallest absolute Gasteiger partial charge is 0.253 e. The Morgan fingerprint density at radius 1 is 1.53 bits per heavy atom. The second kappa shape index (κ2) is 7.24. The first kappa shape index (κ1) is 14.8. The van der Waals surface area contributed by atoms with Crippen molar-refractivity contribution in [3.8, 4) is 0 Å². The predicted molar refractivity (Wildman–Crippen MR) is 76.0 cm³/mol. The lowest BCUT2D eigenvalue weighted by Crippen LogP contribution is -2.32. The van der Waals surface area contributed by atoms with Gasteiger partial charge in [-0.2, -0.15) is 0 Å². The Kier molecular flexibility index (Phi) is 6.31. The largest absolute Gasteiger partial charge is 0.350 e. The second-order valence-electron chi connectivity index (χ2n) is 3.81. The number of hydrogen-bond acceptors (Lipinski definition) is 1. The standard InChI is InChI=1S/C12H14BrCl2NO/c1-8(4-3-7-14)16-12(17)9-5-2-6-10(13)11(9)15/h2,5-6,8H,3-4,7H2,1H3,(H,16,17). The van der Waals surface area contributed by atoms with Crippen LogP contribution in [0.5, 0.6) is 0 Å².